The maximum absolute atomic E-state index is 5.30. The van der Waals surface area contributed by atoms with E-state index in [1.165, 1.54) is 32.1 Å². The van der Waals surface area contributed by atoms with E-state index in [1.807, 2.05) is 7.05 Å². The van der Waals surface area contributed by atoms with Gasteiger partial charge in [-0.2, -0.15) is 4.98 Å². The monoisotopic (exact) mass is 207 g/mol. The van der Waals surface area contributed by atoms with E-state index in [-0.39, 0.29) is 0 Å². The van der Waals surface area contributed by atoms with Gasteiger partial charge in [0, 0.05) is 17.9 Å². The maximum atomic E-state index is 5.30. The van der Waals surface area contributed by atoms with E-state index in [4.69, 9.17) is 4.52 Å². The van der Waals surface area contributed by atoms with Gasteiger partial charge in [0.25, 0.3) is 0 Å². The summed E-state index contributed by atoms with van der Waals surface area (Å²) in [6.07, 6.45) is 6.14. The van der Waals surface area contributed by atoms with Crippen molar-refractivity contribution in [3.63, 3.8) is 0 Å². The van der Waals surface area contributed by atoms with Crippen LogP contribution in [0.4, 0.5) is 0 Å². The van der Waals surface area contributed by atoms with Gasteiger partial charge in [-0.05, 0) is 32.7 Å². The van der Waals surface area contributed by atoms with E-state index in [2.05, 4.69) is 15.5 Å². The molecule has 0 saturated heterocycles. The van der Waals surface area contributed by atoms with Crippen molar-refractivity contribution in [2.45, 2.75) is 50.0 Å². The Morgan fingerprint density at radius 3 is 2.87 bits per heavy atom. The van der Waals surface area contributed by atoms with Crippen LogP contribution in [-0.4, -0.2) is 23.2 Å². The zero-order chi connectivity index (χ0) is 10.3. The highest BCUT2D eigenvalue weighted by atomic mass is 16.5. The van der Waals surface area contributed by atoms with Crippen molar-refractivity contribution >= 4 is 0 Å². The molecular formula is C11H17N3O. The van der Waals surface area contributed by atoms with Crippen molar-refractivity contribution in [2.24, 2.45) is 0 Å². The van der Waals surface area contributed by atoms with E-state index in [0.29, 0.717) is 17.9 Å². The molecule has 0 unspecified atom stereocenters. The van der Waals surface area contributed by atoms with Gasteiger partial charge >= 0.3 is 0 Å². The standard InChI is InChI=1S/C11H17N3O/c1-12-9-4-2-3-8(9)10-13-11(15-14-10)7-5-6-7/h7-9,12H,2-6H2,1H3/t8-,9+/m1/s1. The lowest BCUT2D eigenvalue weighted by Gasteiger charge is -2.14. The molecule has 0 aromatic carbocycles. The average Bonchev–Trinajstić information content (AvgIpc) is 2.83. The molecule has 0 aliphatic heterocycles. The first-order valence-corrected chi connectivity index (χ1v) is 5.89. The second-order valence-electron chi connectivity index (χ2n) is 4.70. The van der Waals surface area contributed by atoms with Crippen LogP contribution in [-0.2, 0) is 0 Å². The van der Waals surface area contributed by atoms with E-state index < -0.39 is 0 Å². The van der Waals surface area contributed by atoms with Gasteiger partial charge in [-0.3, -0.25) is 0 Å². The van der Waals surface area contributed by atoms with Gasteiger partial charge < -0.3 is 9.84 Å². The molecule has 2 atom stereocenters. The van der Waals surface area contributed by atoms with E-state index in [1.54, 1.807) is 0 Å². The minimum Gasteiger partial charge on any atom is -0.339 e. The lowest BCUT2D eigenvalue weighted by Crippen LogP contribution is -2.28. The van der Waals surface area contributed by atoms with Crippen LogP contribution in [0.5, 0.6) is 0 Å². The summed E-state index contributed by atoms with van der Waals surface area (Å²) in [5.74, 6) is 2.83. The SMILES string of the molecule is CN[C@H]1CCC[C@H]1c1noc(C2CC2)n1. The maximum Gasteiger partial charge on any atom is 0.229 e. The topological polar surface area (TPSA) is 51.0 Å². The number of nitrogens with one attached hydrogen (secondary N) is 1. The molecule has 4 nitrogen and oxygen atoms in total. The molecule has 15 heavy (non-hydrogen) atoms. The molecule has 0 bridgehead atoms. The molecule has 3 rings (SSSR count). The molecule has 2 fully saturated rings. The minimum atomic E-state index is 0.464. The van der Waals surface area contributed by atoms with Crippen LogP contribution in [0.3, 0.4) is 0 Å². The number of rotatable bonds is 3. The Bertz CT molecular complexity index is 345. The van der Waals surface area contributed by atoms with Crippen molar-refractivity contribution in [1.82, 2.24) is 15.5 Å². The first kappa shape index (κ1) is 9.33. The predicted octanol–water partition coefficient (Wildman–Crippen LogP) is 1.80. The molecule has 0 radical (unpaired) electrons. The summed E-state index contributed by atoms with van der Waals surface area (Å²) in [5, 5.41) is 7.48. The number of hydrogen-bond acceptors (Lipinski definition) is 4. The minimum absolute atomic E-state index is 0.464. The Balaban J connectivity index is 1.78. The molecule has 2 saturated carbocycles. The number of hydrogen-bond donors (Lipinski definition) is 1. The van der Waals surface area contributed by atoms with Gasteiger partial charge in [0.05, 0.1) is 0 Å². The second kappa shape index (κ2) is 3.59. The second-order valence-corrected chi connectivity index (χ2v) is 4.70. The smallest absolute Gasteiger partial charge is 0.229 e. The summed E-state index contributed by atoms with van der Waals surface area (Å²) < 4.78 is 5.30. The van der Waals surface area contributed by atoms with Crippen molar-refractivity contribution in [2.75, 3.05) is 7.05 Å². The third-order valence-corrected chi connectivity index (χ3v) is 3.60. The van der Waals surface area contributed by atoms with Crippen molar-refractivity contribution < 1.29 is 4.52 Å². The summed E-state index contributed by atoms with van der Waals surface area (Å²) in [5.41, 5.74) is 0. The Morgan fingerprint density at radius 2 is 2.13 bits per heavy atom. The van der Waals surface area contributed by atoms with Gasteiger partial charge in [0.15, 0.2) is 5.82 Å². The van der Waals surface area contributed by atoms with Crippen molar-refractivity contribution in [1.29, 1.82) is 0 Å². The number of nitrogens with zero attached hydrogens (tertiary/aromatic N) is 2. The third kappa shape index (κ3) is 1.67. The highest BCUT2D eigenvalue weighted by Gasteiger charge is 2.34. The summed E-state index contributed by atoms with van der Waals surface area (Å²) in [7, 11) is 2.02. The lowest BCUT2D eigenvalue weighted by atomic mass is 10.0. The molecule has 1 heterocycles. The third-order valence-electron chi connectivity index (χ3n) is 3.60. The first-order chi connectivity index (χ1) is 7.38. The van der Waals surface area contributed by atoms with Gasteiger partial charge in [-0.1, -0.05) is 11.6 Å². The molecule has 82 valence electrons. The van der Waals surface area contributed by atoms with E-state index >= 15 is 0 Å². The molecule has 1 N–H and O–H groups in total. The summed E-state index contributed by atoms with van der Waals surface area (Å²) >= 11 is 0. The lowest BCUT2D eigenvalue weighted by molar-refractivity contribution is 0.366. The normalized spacial score (nSPS) is 31.0. The molecule has 2 aliphatic carbocycles. The van der Waals surface area contributed by atoms with Crippen LogP contribution in [0, 0.1) is 0 Å². The van der Waals surface area contributed by atoms with E-state index in [9.17, 15) is 0 Å². The average molecular weight is 207 g/mol. The van der Waals surface area contributed by atoms with Crippen molar-refractivity contribution in [3.05, 3.63) is 11.7 Å². The summed E-state index contributed by atoms with van der Waals surface area (Å²) in [6, 6.07) is 0.537. The Kier molecular flexibility index (Phi) is 2.24. The van der Waals surface area contributed by atoms with Gasteiger partial charge in [0.2, 0.25) is 5.89 Å². The molecule has 4 heteroatoms. The van der Waals surface area contributed by atoms with E-state index in [0.717, 1.165) is 11.7 Å². The summed E-state index contributed by atoms with van der Waals surface area (Å²) in [4.78, 5) is 4.53. The quantitative estimate of drug-likeness (QED) is 0.821. The largest absolute Gasteiger partial charge is 0.339 e. The summed E-state index contributed by atoms with van der Waals surface area (Å²) in [6.45, 7) is 0. The Hall–Kier alpha value is -0.900. The fourth-order valence-electron chi connectivity index (χ4n) is 2.51. The number of aromatic nitrogens is 2. The molecule has 1 aromatic heterocycles. The number of likely N-dealkylation sites (N-methyl/N-ethyl adjacent to an activating group) is 1. The molecule has 0 spiro atoms. The fourth-order valence-corrected chi connectivity index (χ4v) is 2.51. The highest BCUT2D eigenvalue weighted by Crippen LogP contribution is 2.40. The zero-order valence-corrected chi connectivity index (χ0v) is 9.07. The highest BCUT2D eigenvalue weighted by molar-refractivity contribution is 5.08. The predicted molar refractivity (Wildman–Crippen MR) is 55.7 cm³/mol. The van der Waals surface area contributed by atoms with Crippen LogP contribution in [0.1, 0.15) is 55.7 Å². The van der Waals surface area contributed by atoms with Crippen LogP contribution in [0.2, 0.25) is 0 Å². The molecule has 2 aliphatic rings. The van der Waals surface area contributed by atoms with Gasteiger partial charge in [0.1, 0.15) is 0 Å². The van der Waals surface area contributed by atoms with Crippen molar-refractivity contribution in [3.8, 4) is 0 Å². The van der Waals surface area contributed by atoms with Crippen LogP contribution < -0.4 is 5.32 Å². The molecular weight excluding hydrogens is 190 g/mol. The Morgan fingerprint density at radius 1 is 1.27 bits per heavy atom. The van der Waals surface area contributed by atoms with Crippen LogP contribution in [0.15, 0.2) is 4.52 Å². The molecule has 1 aromatic rings. The van der Waals surface area contributed by atoms with Crippen LogP contribution in [0.25, 0.3) is 0 Å². The fraction of sp³-hybridized carbons (Fsp3) is 0.818. The molecule has 0 amide bonds. The zero-order valence-electron chi connectivity index (χ0n) is 9.07. The Labute approximate surface area is 89.4 Å². The van der Waals surface area contributed by atoms with Gasteiger partial charge in [-0.15, -0.1) is 0 Å². The van der Waals surface area contributed by atoms with Crippen LogP contribution >= 0.6 is 0 Å². The van der Waals surface area contributed by atoms with Gasteiger partial charge in [-0.25, -0.2) is 0 Å². The first-order valence-electron chi connectivity index (χ1n) is 5.89.